The lowest BCUT2D eigenvalue weighted by atomic mass is 9.97. The smallest absolute Gasteiger partial charge is 0.263 e. The van der Waals surface area contributed by atoms with E-state index in [1.54, 1.807) is 19.3 Å². The van der Waals surface area contributed by atoms with Gasteiger partial charge in [0.15, 0.2) is 5.82 Å². The van der Waals surface area contributed by atoms with Crippen LogP contribution in [0.15, 0.2) is 22.3 Å². The van der Waals surface area contributed by atoms with Gasteiger partial charge in [0, 0.05) is 30.9 Å². The Balaban J connectivity index is 1.51. The Morgan fingerprint density at radius 3 is 2.96 bits per heavy atom. The average Bonchev–Trinajstić information content (AvgIpc) is 3.38. The van der Waals surface area contributed by atoms with Crippen LogP contribution in [0.2, 0.25) is 0 Å². The van der Waals surface area contributed by atoms with Crippen LogP contribution >= 0.6 is 11.3 Å². The van der Waals surface area contributed by atoms with Crippen LogP contribution in [-0.4, -0.2) is 44.1 Å². The quantitative estimate of drug-likeness (QED) is 0.695. The van der Waals surface area contributed by atoms with Crippen LogP contribution in [0.3, 0.4) is 0 Å². The van der Waals surface area contributed by atoms with Crippen LogP contribution in [0.4, 0.5) is 5.82 Å². The Morgan fingerprint density at radius 2 is 2.21 bits per heavy atom. The van der Waals surface area contributed by atoms with Gasteiger partial charge in [0.25, 0.3) is 5.89 Å². The highest BCUT2D eigenvalue weighted by Gasteiger charge is 2.29. The third-order valence-corrected chi connectivity index (χ3v) is 5.42. The fraction of sp³-hybridized carbons (Fsp3) is 0.444. The van der Waals surface area contributed by atoms with Gasteiger partial charge in [-0.05, 0) is 26.7 Å². The number of hydrogen-bond donors (Lipinski definition) is 1. The number of nitrogens with one attached hydrogen (secondary N) is 1. The van der Waals surface area contributed by atoms with Crippen molar-refractivity contribution in [2.45, 2.75) is 33.2 Å². The Kier molecular flexibility index (Phi) is 5.29. The van der Waals surface area contributed by atoms with Crippen molar-refractivity contribution in [3.05, 3.63) is 34.4 Å². The van der Waals surface area contributed by atoms with Crippen molar-refractivity contribution in [1.29, 1.82) is 0 Å². The summed E-state index contributed by atoms with van der Waals surface area (Å²) in [5.41, 5.74) is 0.690. The summed E-state index contributed by atoms with van der Waals surface area (Å²) in [6.45, 7) is 5.47. The predicted molar refractivity (Wildman–Crippen MR) is 104 cm³/mol. The molecule has 4 heterocycles. The highest BCUT2D eigenvalue weighted by Crippen LogP contribution is 2.30. The number of carbonyl (C=O) groups excluding carboxylic acids is 1. The number of aromatic nitrogens is 5. The van der Waals surface area contributed by atoms with Gasteiger partial charge in [-0.2, -0.15) is 4.98 Å². The fourth-order valence-electron chi connectivity index (χ4n) is 3.29. The largest absolute Gasteiger partial charge is 0.355 e. The van der Waals surface area contributed by atoms with E-state index in [4.69, 9.17) is 4.52 Å². The summed E-state index contributed by atoms with van der Waals surface area (Å²) in [6, 6.07) is 0. The van der Waals surface area contributed by atoms with Crippen LogP contribution in [0.1, 0.15) is 29.5 Å². The molecule has 0 saturated carbocycles. The molecule has 1 aliphatic heterocycles. The zero-order valence-corrected chi connectivity index (χ0v) is 16.6. The van der Waals surface area contributed by atoms with Crippen LogP contribution in [0, 0.1) is 19.8 Å². The van der Waals surface area contributed by atoms with Gasteiger partial charge in [-0.1, -0.05) is 5.16 Å². The number of aryl methyl sites for hydroxylation is 2. The Bertz CT molecular complexity index is 957. The second-order valence-corrected chi connectivity index (χ2v) is 7.71. The third-order valence-electron chi connectivity index (χ3n) is 4.64. The second-order valence-electron chi connectivity index (χ2n) is 6.73. The maximum atomic E-state index is 12.7. The van der Waals surface area contributed by atoms with E-state index < -0.39 is 0 Å². The number of piperidine rings is 1. The van der Waals surface area contributed by atoms with E-state index in [2.05, 4.69) is 35.3 Å². The maximum absolute atomic E-state index is 12.7. The highest BCUT2D eigenvalue weighted by molar-refractivity contribution is 7.09. The molecule has 10 heteroatoms. The monoisotopic (exact) mass is 399 g/mol. The molecule has 1 unspecified atom stereocenters. The lowest BCUT2D eigenvalue weighted by Gasteiger charge is -2.33. The molecule has 1 aliphatic rings. The van der Waals surface area contributed by atoms with Gasteiger partial charge in [0.05, 0.1) is 12.5 Å². The van der Waals surface area contributed by atoms with Crippen molar-refractivity contribution in [1.82, 2.24) is 30.4 Å². The van der Waals surface area contributed by atoms with Crippen LogP contribution < -0.4 is 10.2 Å². The van der Waals surface area contributed by atoms with Crippen molar-refractivity contribution in [2.24, 2.45) is 5.92 Å². The van der Waals surface area contributed by atoms with Crippen molar-refractivity contribution in [3.63, 3.8) is 0 Å². The molecule has 0 bridgehead atoms. The molecule has 0 aromatic carbocycles. The lowest BCUT2D eigenvalue weighted by Crippen LogP contribution is -2.43. The van der Waals surface area contributed by atoms with Crippen LogP contribution in [0.5, 0.6) is 0 Å². The fourth-order valence-corrected chi connectivity index (χ4v) is 3.84. The molecule has 1 amide bonds. The SMILES string of the molecule is Cc1noc(-c2cnc(C)nc2N2CCCC(C(=O)NCc3nccs3)C2)n1. The molecule has 4 rings (SSSR count). The Morgan fingerprint density at radius 1 is 1.32 bits per heavy atom. The first kappa shape index (κ1) is 18.5. The first-order valence-corrected chi connectivity index (χ1v) is 10.0. The minimum absolute atomic E-state index is 0.0425. The number of carbonyl (C=O) groups is 1. The molecule has 0 spiro atoms. The lowest BCUT2D eigenvalue weighted by molar-refractivity contribution is -0.125. The molecule has 28 heavy (non-hydrogen) atoms. The summed E-state index contributed by atoms with van der Waals surface area (Å²) in [7, 11) is 0. The Labute approximate surface area is 166 Å². The van der Waals surface area contributed by atoms with Crippen LogP contribution in [0.25, 0.3) is 11.5 Å². The summed E-state index contributed by atoms with van der Waals surface area (Å²) >= 11 is 1.54. The standard InChI is InChI=1S/C18H21N7O2S/c1-11-20-8-14(18-23-12(2)24-27-18)16(22-11)25-6-3-4-13(10-25)17(26)21-9-15-19-5-7-28-15/h5,7-8,13H,3-4,6,9-10H2,1-2H3,(H,21,26). The number of rotatable bonds is 5. The average molecular weight is 399 g/mol. The van der Waals surface area contributed by atoms with Gasteiger partial charge < -0.3 is 14.7 Å². The van der Waals surface area contributed by atoms with Crippen molar-refractivity contribution >= 4 is 23.1 Å². The molecule has 1 fully saturated rings. The van der Waals surface area contributed by atoms with Gasteiger partial charge >= 0.3 is 0 Å². The van der Waals surface area contributed by atoms with E-state index in [0.717, 1.165) is 30.2 Å². The molecule has 3 aromatic rings. The normalized spacial score (nSPS) is 16.9. The van der Waals surface area contributed by atoms with E-state index in [0.29, 0.717) is 36.2 Å². The summed E-state index contributed by atoms with van der Waals surface area (Å²) in [4.78, 5) is 32.2. The highest BCUT2D eigenvalue weighted by atomic mass is 32.1. The molecular formula is C18H21N7O2S. The van der Waals surface area contributed by atoms with Crippen LogP contribution in [-0.2, 0) is 11.3 Å². The van der Waals surface area contributed by atoms with E-state index in [9.17, 15) is 4.79 Å². The second kappa shape index (κ2) is 8.01. The first-order valence-electron chi connectivity index (χ1n) is 9.15. The zero-order valence-electron chi connectivity index (χ0n) is 15.8. The van der Waals surface area contributed by atoms with Gasteiger partial charge in [-0.15, -0.1) is 11.3 Å². The molecule has 1 atom stereocenters. The Hall–Kier alpha value is -2.88. The summed E-state index contributed by atoms with van der Waals surface area (Å²) < 4.78 is 5.32. The van der Waals surface area contributed by atoms with Gasteiger partial charge in [-0.25, -0.2) is 15.0 Å². The molecule has 1 N–H and O–H groups in total. The number of anilines is 1. The van der Waals surface area contributed by atoms with Crippen molar-refractivity contribution in [2.75, 3.05) is 18.0 Å². The van der Waals surface area contributed by atoms with E-state index in [1.807, 2.05) is 12.3 Å². The molecule has 146 valence electrons. The summed E-state index contributed by atoms with van der Waals surface area (Å²) in [5, 5.41) is 9.67. The van der Waals surface area contributed by atoms with Crippen molar-refractivity contribution in [3.8, 4) is 11.5 Å². The van der Waals surface area contributed by atoms with E-state index >= 15 is 0 Å². The third kappa shape index (κ3) is 4.01. The minimum atomic E-state index is -0.110. The van der Waals surface area contributed by atoms with Gasteiger partial charge in [-0.3, -0.25) is 4.79 Å². The number of nitrogens with zero attached hydrogens (tertiary/aromatic N) is 6. The molecule has 0 aliphatic carbocycles. The zero-order chi connectivity index (χ0) is 19.5. The van der Waals surface area contributed by atoms with E-state index in [1.165, 1.54) is 11.3 Å². The predicted octanol–water partition coefficient (Wildman–Crippen LogP) is 2.13. The molecular weight excluding hydrogens is 378 g/mol. The molecule has 0 radical (unpaired) electrons. The summed E-state index contributed by atoms with van der Waals surface area (Å²) in [6.07, 6.45) is 5.20. The van der Waals surface area contributed by atoms with Gasteiger partial charge in [0.2, 0.25) is 5.91 Å². The number of hydrogen-bond acceptors (Lipinski definition) is 9. The molecule has 9 nitrogen and oxygen atoms in total. The number of amides is 1. The van der Waals surface area contributed by atoms with Crippen molar-refractivity contribution < 1.29 is 9.32 Å². The number of thiazole rings is 1. The minimum Gasteiger partial charge on any atom is -0.355 e. The molecule has 1 saturated heterocycles. The topological polar surface area (TPSA) is 110 Å². The van der Waals surface area contributed by atoms with E-state index in [-0.39, 0.29) is 11.8 Å². The summed E-state index contributed by atoms with van der Waals surface area (Å²) in [5.74, 6) is 2.27. The molecule has 3 aromatic heterocycles. The first-order chi connectivity index (χ1) is 13.6. The maximum Gasteiger partial charge on any atom is 0.263 e. The van der Waals surface area contributed by atoms with Gasteiger partial charge in [0.1, 0.15) is 22.2 Å².